The van der Waals surface area contributed by atoms with Gasteiger partial charge in [-0.3, -0.25) is 0 Å². The van der Waals surface area contributed by atoms with E-state index in [4.69, 9.17) is 9.72 Å². The van der Waals surface area contributed by atoms with E-state index in [1.54, 1.807) is 4.57 Å². The lowest BCUT2D eigenvalue weighted by atomic mass is 10.1. The van der Waals surface area contributed by atoms with Gasteiger partial charge in [-0.05, 0) is 38.3 Å². The third-order valence-electron chi connectivity index (χ3n) is 4.45. The number of rotatable bonds is 4. The maximum absolute atomic E-state index is 12.9. The summed E-state index contributed by atoms with van der Waals surface area (Å²) >= 11 is 0. The molecular weight excluding hydrogens is 316 g/mol. The molecule has 3 rings (SSSR count). The van der Waals surface area contributed by atoms with Crippen LogP contribution < -0.4 is 10.2 Å². The molecular formula is C19H28N4O2. The van der Waals surface area contributed by atoms with Gasteiger partial charge in [0.1, 0.15) is 0 Å². The number of carbonyl (C=O) groups excluding carboxylic acids is 1. The number of ether oxygens (including phenoxy) is 1. The van der Waals surface area contributed by atoms with Gasteiger partial charge in [-0.1, -0.05) is 26.0 Å². The van der Waals surface area contributed by atoms with Crippen LogP contribution in [-0.2, 0) is 4.74 Å². The lowest BCUT2D eigenvalue weighted by Gasteiger charge is -2.38. The molecule has 2 heterocycles. The van der Waals surface area contributed by atoms with Gasteiger partial charge in [0, 0.05) is 19.6 Å². The maximum atomic E-state index is 12.9. The quantitative estimate of drug-likeness (QED) is 0.925. The van der Waals surface area contributed by atoms with E-state index >= 15 is 0 Å². The molecule has 0 bridgehead atoms. The van der Waals surface area contributed by atoms with Crippen LogP contribution >= 0.6 is 0 Å². The Bertz CT molecular complexity index is 751. The second-order valence-electron chi connectivity index (χ2n) is 7.68. The smallest absolute Gasteiger partial charge is 0.328 e. The number of imidazole rings is 1. The van der Waals surface area contributed by atoms with Gasteiger partial charge in [0.2, 0.25) is 5.95 Å². The zero-order valence-corrected chi connectivity index (χ0v) is 15.6. The van der Waals surface area contributed by atoms with E-state index in [1.165, 1.54) is 0 Å². The van der Waals surface area contributed by atoms with Gasteiger partial charge in [-0.15, -0.1) is 0 Å². The van der Waals surface area contributed by atoms with Gasteiger partial charge >= 0.3 is 6.03 Å². The first-order chi connectivity index (χ1) is 11.9. The minimum Gasteiger partial charge on any atom is -0.372 e. The Morgan fingerprint density at radius 2 is 2.12 bits per heavy atom. The van der Waals surface area contributed by atoms with Gasteiger partial charge in [0.15, 0.2) is 0 Å². The number of hydrogen-bond donors (Lipinski definition) is 1. The van der Waals surface area contributed by atoms with Gasteiger partial charge < -0.3 is 15.0 Å². The highest BCUT2D eigenvalue weighted by atomic mass is 16.5. The first-order valence-corrected chi connectivity index (χ1v) is 9.02. The predicted molar refractivity (Wildman–Crippen MR) is 100 cm³/mol. The number of nitrogens with zero attached hydrogens (tertiary/aromatic N) is 3. The fourth-order valence-corrected chi connectivity index (χ4v) is 3.16. The molecule has 1 aromatic heterocycles. The lowest BCUT2D eigenvalue weighted by molar-refractivity contribution is -0.0282. The third kappa shape index (κ3) is 3.95. The molecule has 1 N–H and O–H groups in total. The first-order valence-electron chi connectivity index (χ1n) is 9.02. The van der Waals surface area contributed by atoms with E-state index in [9.17, 15) is 4.79 Å². The van der Waals surface area contributed by atoms with Crippen molar-refractivity contribution >= 4 is 23.0 Å². The summed E-state index contributed by atoms with van der Waals surface area (Å²) < 4.78 is 7.51. The number of anilines is 1. The van der Waals surface area contributed by atoms with Crippen molar-refractivity contribution in [3.63, 3.8) is 0 Å². The molecule has 6 heteroatoms. The summed E-state index contributed by atoms with van der Waals surface area (Å²) in [4.78, 5) is 19.8. The monoisotopic (exact) mass is 344 g/mol. The molecule has 1 aliphatic rings. The Labute approximate surface area is 149 Å². The van der Waals surface area contributed by atoms with E-state index in [0.717, 1.165) is 24.0 Å². The van der Waals surface area contributed by atoms with E-state index in [2.05, 4.69) is 37.9 Å². The normalized spacial score (nSPS) is 17.2. The van der Waals surface area contributed by atoms with Gasteiger partial charge in [-0.2, -0.15) is 0 Å². The second kappa shape index (κ2) is 7.04. The molecule has 1 aromatic carbocycles. The number of fused-ring (bicyclic) bond motifs is 1. The minimum absolute atomic E-state index is 0.117. The Morgan fingerprint density at radius 1 is 1.36 bits per heavy atom. The highest BCUT2D eigenvalue weighted by Crippen LogP contribution is 2.26. The fraction of sp³-hybridized carbons (Fsp3) is 0.579. The van der Waals surface area contributed by atoms with E-state index in [0.29, 0.717) is 31.6 Å². The van der Waals surface area contributed by atoms with Crippen LogP contribution in [0.2, 0.25) is 0 Å². The molecule has 1 saturated heterocycles. The zero-order valence-electron chi connectivity index (χ0n) is 15.6. The zero-order chi connectivity index (χ0) is 18.0. The topological polar surface area (TPSA) is 59.4 Å². The molecule has 0 unspecified atom stereocenters. The summed E-state index contributed by atoms with van der Waals surface area (Å²) in [6.07, 6.45) is 0.957. The third-order valence-corrected chi connectivity index (χ3v) is 4.45. The van der Waals surface area contributed by atoms with Gasteiger partial charge in [-0.25, -0.2) is 14.3 Å². The average Bonchev–Trinajstić information content (AvgIpc) is 2.93. The number of aromatic nitrogens is 2. The van der Waals surface area contributed by atoms with Crippen molar-refractivity contribution < 1.29 is 9.53 Å². The molecule has 0 aliphatic carbocycles. The number of nitrogens with one attached hydrogen (secondary N) is 1. The highest BCUT2D eigenvalue weighted by molar-refractivity contribution is 5.93. The summed E-state index contributed by atoms with van der Waals surface area (Å²) in [5, 5.41) is 3.03. The van der Waals surface area contributed by atoms with Crippen molar-refractivity contribution in [2.75, 3.05) is 31.1 Å². The first kappa shape index (κ1) is 17.7. The van der Waals surface area contributed by atoms with Crippen molar-refractivity contribution in [1.29, 1.82) is 0 Å². The molecule has 1 fully saturated rings. The Balaban J connectivity index is 1.93. The van der Waals surface area contributed by atoms with E-state index in [-0.39, 0.29) is 11.6 Å². The van der Waals surface area contributed by atoms with Gasteiger partial charge in [0.25, 0.3) is 0 Å². The molecule has 0 saturated carbocycles. The molecule has 0 radical (unpaired) electrons. The van der Waals surface area contributed by atoms with Crippen molar-refractivity contribution in [2.24, 2.45) is 5.92 Å². The Morgan fingerprint density at radius 3 is 2.84 bits per heavy atom. The standard InChI is InChI=1S/C19H28N4O2/c1-14(2)9-10-20-18(24)23-16-8-6-5-7-15(16)21-17(23)22-11-12-25-19(3,4)13-22/h5-8,14H,9-13H2,1-4H3,(H,20,24). The molecule has 6 nitrogen and oxygen atoms in total. The molecule has 2 aromatic rings. The molecule has 25 heavy (non-hydrogen) atoms. The Hall–Kier alpha value is -2.08. The summed E-state index contributed by atoms with van der Waals surface area (Å²) in [5.74, 6) is 1.25. The molecule has 0 atom stereocenters. The van der Waals surface area contributed by atoms with Crippen LogP contribution in [0.15, 0.2) is 24.3 Å². The SMILES string of the molecule is CC(C)CCNC(=O)n1c(N2CCOC(C)(C)C2)nc2ccccc21. The minimum atomic E-state index is -0.255. The van der Waals surface area contributed by atoms with Gasteiger partial charge in [0.05, 0.1) is 23.2 Å². The largest absolute Gasteiger partial charge is 0.372 e. The average molecular weight is 344 g/mol. The summed E-state index contributed by atoms with van der Waals surface area (Å²) in [6.45, 7) is 11.2. The van der Waals surface area contributed by atoms with Crippen molar-refractivity contribution in [3.05, 3.63) is 24.3 Å². The van der Waals surface area contributed by atoms with Crippen LogP contribution in [0.25, 0.3) is 11.0 Å². The molecule has 1 amide bonds. The van der Waals surface area contributed by atoms with Crippen LogP contribution in [0.1, 0.15) is 34.1 Å². The predicted octanol–water partition coefficient (Wildman–Crippen LogP) is 3.26. The van der Waals surface area contributed by atoms with Crippen molar-refractivity contribution in [2.45, 2.75) is 39.7 Å². The van der Waals surface area contributed by atoms with Crippen LogP contribution in [0.3, 0.4) is 0 Å². The van der Waals surface area contributed by atoms with Crippen LogP contribution in [0, 0.1) is 5.92 Å². The number of carbonyl (C=O) groups is 1. The summed E-state index contributed by atoms with van der Waals surface area (Å²) in [5.41, 5.74) is 1.42. The van der Waals surface area contributed by atoms with Crippen molar-refractivity contribution in [1.82, 2.24) is 14.9 Å². The molecule has 136 valence electrons. The van der Waals surface area contributed by atoms with Crippen LogP contribution in [-0.4, -0.2) is 47.4 Å². The number of amides is 1. The summed E-state index contributed by atoms with van der Waals surface area (Å²) in [6, 6.07) is 7.66. The number of hydrogen-bond acceptors (Lipinski definition) is 4. The number of benzene rings is 1. The lowest BCUT2D eigenvalue weighted by Crippen LogP contribution is -2.49. The van der Waals surface area contributed by atoms with Crippen LogP contribution in [0.4, 0.5) is 10.7 Å². The molecule has 0 spiro atoms. The fourth-order valence-electron chi connectivity index (χ4n) is 3.16. The Kier molecular flexibility index (Phi) is 4.99. The highest BCUT2D eigenvalue weighted by Gasteiger charge is 2.31. The van der Waals surface area contributed by atoms with Crippen molar-refractivity contribution in [3.8, 4) is 0 Å². The second-order valence-corrected chi connectivity index (χ2v) is 7.68. The summed E-state index contributed by atoms with van der Waals surface area (Å²) in [7, 11) is 0. The number of para-hydroxylation sites is 2. The maximum Gasteiger partial charge on any atom is 0.328 e. The van der Waals surface area contributed by atoms with Crippen LogP contribution in [0.5, 0.6) is 0 Å². The molecule has 1 aliphatic heterocycles. The number of morpholine rings is 1. The van der Waals surface area contributed by atoms with E-state index < -0.39 is 0 Å². The van der Waals surface area contributed by atoms with E-state index in [1.807, 2.05) is 24.3 Å².